The van der Waals surface area contributed by atoms with Crippen molar-refractivity contribution in [1.82, 2.24) is 10.2 Å². The van der Waals surface area contributed by atoms with Crippen LogP contribution >= 0.6 is 23.2 Å². The molecular formula is C10H9Cl2N3. The van der Waals surface area contributed by atoms with Crippen LogP contribution in [0.25, 0.3) is 5.57 Å². The molecule has 0 aliphatic heterocycles. The monoisotopic (exact) mass is 241 g/mol. The molecule has 0 spiro atoms. The molecule has 78 valence electrons. The largest absolute Gasteiger partial charge is 0.272 e. The quantitative estimate of drug-likeness (QED) is 0.601. The average molecular weight is 242 g/mol. The smallest absolute Gasteiger partial charge is 0.159 e. The molecule has 1 aromatic heterocycles. The van der Waals surface area contributed by atoms with E-state index in [0.717, 1.165) is 11.1 Å². The summed E-state index contributed by atoms with van der Waals surface area (Å²) in [6, 6.07) is 1.65. The van der Waals surface area contributed by atoms with Crippen LogP contribution < -0.4 is 0 Å². The molecule has 0 unspecified atom stereocenters. The molecule has 1 rings (SSSR count). The van der Waals surface area contributed by atoms with E-state index in [9.17, 15) is 0 Å². The fourth-order valence-electron chi connectivity index (χ4n) is 1.03. The van der Waals surface area contributed by atoms with Gasteiger partial charge in [-0.3, -0.25) is 4.99 Å². The van der Waals surface area contributed by atoms with Crippen molar-refractivity contribution in [2.24, 2.45) is 4.99 Å². The summed E-state index contributed by atoms with van der Waals surface area (Å²) in [6.45, 7) is 5.23. The van der Waals surface area contributed by atoms with Gasteiger partial charge in [0.05, 0.1) is 0 Å². The molecule has 3 nitrogen and oxygen atoms in total. The third-order valence-electron chi connectivity index (χ3n) is 1.70. The van der Waals surface area contributed by atoms with E-state index >= 15 is 0 Å². The highest BCUT2D eigenvalue weighted by Gasteiger charge is 2.06. The Morgan fingerprint density at radius 1 is 1.47 bits per heavy atom. The summed E-state index contributed by atoms with van der Waals surface area (Å²) in [6.07, 6.45) is 5.22. The molecule has 0 N–H and O–H groups in total. The van der Waals surface area contributed by atoms with Crippen molar-refractivity contribution >= 4 is 35.5 Å². The molecule has 0 bridgehead atoms. The van der Waals surface area contributed by atoms with Gasteiger partial charge in [-0.1, -0.05) is 29.3 Å². The summed E-state index contributed by atoms with van der Waals surface area (Å²) in [5.74, 6) is 0. The first-order valence-corrected chi connectivity index (χ1v) is 4.92. The van der Waals surface area contributed by atoms with Gasteiger partial charge < -0.3 is 0 Å². The molecule has 0 aliphatic rings. The second kappa shape index (κ2) is 5.63. The van der Waals surface area contributed by atoms with Gasteiger partial charge >= 0.3 is 0 Å². The van der Waals surface area contributed by atoms with Gasteiger partial charge in [-0.05, 0) is 31.4 Å². The summed E-state index contributed by atoms with van der Waals surface area (Å²) >= 11 is 11.6. The van der Waals surface area contributed by atoms with Gasteiger partial charge in [-0.15, -0.1) is 10.2 Å². The zero-order valence-corrected chi connectivity index (χ0v) is 9.63. The van der Waals surface area contributed by atoms with E-state index < -0.39 is 0 Å². The topological polar surface area (TPSA) is 38.1 Å². The number of hydrogen-bond donors (Lipinski definition) is 0. The third-order valence-corrected chi connectivity index (χ3v) is 2.16. The van der Waals surface area contributed by atoms with Gasteiger partial charge in [0.25, 0.3) is 0 Å². The molecule has 1 aromatic rings. The van der Waals surface area contributed by atoms with Crippen LogP contribution in [0.3, 0.4) is 0 Å². The van der Waals surface area contributed by atoms with Crippen molar-refractivity contribution in [2.45, 2.75) is 6.92 Å². The molecule has 5 heteroatoms. The molecule has 0 radical (unpaired) electrons. The molecule has 0 aliphatic carbocycles. The molecule has 0 aromatic carbocycles. The Labute approximate surface area is 98.2 Å². The minimum Gasteiger partial charge on any atom is -0.272 e. The Bertz CT molecular complexity index is 425. The van der Waals surface area contributed by atoms with E-state index in [-0.39, 0.29) is 0 Å². The number of allylic oxidation sites excluding steroid dienone is 3. The predicted octanol–water partition coefficient (Wildman–Crippen LogP) is 3.40. The summed E-state index contributed by atoms with van der Waals surface area (Å²) < 4.78 is 0. The van der Waals surface area contributed by atoms with Gasteiger partial charge in [-0.25, -0.2) is 0 Å². The van der Waals surface area contributed by atoms with Crippen LogP contribution in [0.15, 0.2) is 29.4 Å². The Balaban J connectivity index is 3.18. The summed E-state index contributed by atoms with van der Waals surface area (Å²) in [5.41, 5.74) is 1.59. The van der Waals surface area contributed by atoms with E-state index in [1.165, 1.54) is 0 Å². The lowest BCUT2D eigenvalue weighted by Gasteiger charge is -2.03. The molecule has 0 saturated carbocycles. The Kier molecular flexibility index (Phi) is 4.46. The molecule has 0 saturated heterocycles. The molecule has 15 heavy (non-hydrogen) atoms. The highest BCUT2D eigenvalue weighted by molar-refractivity contribution is 6.32. The van der Waals surface area contributed by atoms with E-state index in [0.29, 0.717) is 10.3 Å². The number of aliphatic imine (C=N–C) groups is 1. The van der Waals surface area contributed by atoms with Gasteiger partial charge in [0.15, 0.2) is 10.3 Å². The van der Waals surface area contributed by atoms with Crippen molar-refractivity contribution in [3.63, 3.8) is 0 Å². The third kappa shape index (κ3) is 3.15. The first-order valence-electron chi connectivity index (χ1n) is 4.16. The maximum Gasteiger partial charge on any atom is 0.159 e. The first kappa shape index (κ1) is 11.9. The molecular weight excluding hydrogens is 233 g/mol. The van der Waals surface area contributed by atoms with Crippen LogP contribution in [0.1, 0.15) is 12.5 Å². The lowest BCUT2D eigenvalue weighted by molar-refractivity contribution is 1.03. The second-order valence-corrected chi connectivity index (χ2v) is 3.36. The Hall–Kier alpha value is -1.19. The molecule has 1 heterocycles. The summed E-state index contributed by atoms with van der Waals surface area (Å²) in [4.78, 5) is 3.62. The Morgan fingerprint density at radius 3 is 2.80 bits per heavy atom. The highest BCUT2D eigenvalue weighted by Crippen LogP contribution is 2.24. The predicted molar refractivity (Wildman–Crippen MR) is 64.4 cm³/mol. The minimum absolute atomic E-state index is 0.300. The number of halogens is 2. The Morgan fingerprint density at radius 2 is 2.20 bits per heavy atom. The van der Waals surface area contributed by atoms with E-state index in [1.807, 2.05) is 13.0 Å². The van der Waals surface area contributed by atoms with Gasteiger partial charge in [0.1, 0.15) is 0 Å². The standard InChI is InChI=1S/C10H9Cl2N3/c1-3-7(4-5-13-2)8-6-9(11)14-15-10(8)12/h3-6H,2H2,1H3/b5-4-,7-3+. The van der Waals surface area contributed by atoms with E-state index in [2.05, 4.69) is 21.9 Å². The van der Waals surface area contributed by atoms with Crippen LogP contribution in [0.5, 0.6) is 0 Å². The van der Waals surface area contributed by atoms with Crippen LogP contribution in [-0.4, -0.2) is 16.9 Å². The first-order chi connectivity index (χ1) is 7.19. The number of nitrogens with zero attached hydrogens (tertiary/aromatic N) is 3. The number of hydrogen-bond acceptors (Lipinski definition) is 3. The highest BCUT2D eigenvalue weighted by atomic mass is 35.5. The summed E-state index contributed by atoms with van der Waals surface area (Å²) in [7, 11) is 0. The van der Waals surface area contributed by atoms with E-state index in [4.69, 9.17) is 23.2 Å². The fraction of sp³-hybridized carbons (Fsp3) is 0.100. The zero-order chi connectivity index (χ0) is 11.3. The molecule has 0 atom stereocenters. The second-order valence-electron chi connectivity index (χ2n) is 2.61. The number of aromatic nitrogens is 2. The van der Waals surface area contributed by atoms with Gasteiger partial charge in [0.2, 0.25) is 0 Å². The van der Waals surface area contributed by atoms with Crippen molar-refractivity contribution in [1.29, 1.82) is 0 Å². The van der Waals surface area contributed by atoms with Crippen molar-refractivity contribution in [3.05, 3.63) is 40.3 Å². The van der Waals surface area contributed by atoms with Crippen molar-refractivity contribution in [3.8, 4) is 0 Å². The van der Waals surface area contributed by atoms with Crippen LogP contribution in [-0.2, 0) is 0 Å². The van der Waals surface area contributed by atoms with Crippen LogP contribution in [0.4, 0.5) is 0 Å². The SMILES string of the molecule is C=N/C=C\C(=C/C)c1cc(Cl)nnc1Cl. The lowest BCUT2D eigenvalue weighted by atomic mass is 10.1. The van der Waals surface area contributed by atoms with Gasteiger partial charge in [0, 0.05) is 11.8 Å². The van der Waals surface area contributed by atoms with Crippen LogP contribution in [0.2, 0.25) is 10.3 Å². The number of rotatable bonds is 3. The van der Waals surface area contributed by atoms with E-state index in [1.54, 1.807) is 18.3 Å². The fourth-order valence-corrected chi connectivity index (χ4v) is 1.38. The molecule has 0 amide bonds. The maximum absolute atomic E-state index is 5.90. The lowest BCUT2D eigenvalue weighted by Crippen LogP contribution is -1.90. The average Bonchev–Trinajstić information content (AvgIpc) is 2.24. The van der Waals surface area contributed by atoms with Crippen LogP contribution in [0, 0.1) is 0 Å². The minimum atomic E-state index is 0.300. The normalized spacial score (nSPS) is 12.1. The van der Waals surface area contributed by atoms with Gasteiger partial charge in [-0.2, -0.15) is 0 Å². The molecule has 0 fully saturated rings. The zero-order valence-electron chi connectivity index (χ0n) is 8.11. The van der Waals surface area contributed by atoms with Crippen molar-refractivity contribution in [2.75, 3.05) is 0 Å². The summed E-state index contributed by atoms with van der Waals surface area (Å²) in [5, 5.41) is 7.96. The maximum atomic E-state index is 5.90. The van der Waals surface area contributed by atoms with Crippen molar-refractivity contribution < 1.29 is 0 Å².